The summed E-state index contributed by atoms with van der Waals surface area (Å²) in [6, 6.07) is -2.71. The summed E-state index contributed by atoms with van der Waals surface area (Å²) in [5.41, 5.74) is 11.3. The zero-order valence-corrected chi connectivity index (χ0v) is 15.9. The molecule has 0 radical (unpaired) electrons. The van der Waals surface area contributed by atoms with E-state index in [1.54, 1.807) is 13.8 Å². The van der Waals surface area contributed by atoms with Crippen molar-refractivity contribution in [2.24, 2.45) is 23.3 Å². The van der Waals surface area contributed by atoms with Gasteiger partial charge >= 0.3 is 0 Å². The molecule has 0 saturated carbocycles. The Labute approximate surface area is 150 Å². The number of amides is 2. The van der Waals surface area contributed by atoms with E-state index in [9.17, 15) is 19.5 Å². The predicted octanol–water partition coefficient (Wildman–Crippen LogP) is -0.716. The number of ketones is 1. The molecule has 25 heavy (non-hydrogen) atoms. The van der Waals surface area contributed by atoms with E-state index < -0.39 is 36.0 Å². The molecule has 8 nitrogen and oxygen atoms in total. The van der Waals surface area contributed by atoms with Gasteiger partial charge in [-0.25, -0.2) is 0 Å². The molecule has 0 saturated heterocycles. The zero-order chi connectivity index (χ0) is 19.7. The molecule has 0 aliphatic rings. The first-order valence-electron chi connectivity index (χ1n) is 8.79. The van der Waals surface area contributed by atoms with Gasteiger partial charge in [-0.3, -0.25) is 14.4 Å². The first-order chi connectivity index (χ1) is 11.5. The van der Waals surface area contributed by atoms with Crippen LogP contribution in [0.4, 0.5) is 0 Å². The van der Waals surface area contributed by atoms with Gasteiger partial charge < -0.3 is 27.2 Å². The van der Waals surface area contributed by atoms with Gasteiger partial charge in [-0.15, -0.1) is 0 Å². The Kier molecular flexibility index (Phi) is 10.5. The number of aliphatic hydroxyl groups excluding tert-OH is 1. The van der Waals surface area contributed by atoms with Crippen molar-refractivity contribution in [1.82, 2.24) is 10.6 Å². The van der Waals surface area contributed by atoms with Crippen LogP contribution in [0.15, 0.2) is 0 Å². The number of Topliss-reactive ketones (excluding diaryl/α,β-unsaturated/α-hetero) is 1. The minimum atomic E-state index is -1.19. The van der Waals surface area contributed by atoms with Gasteiger partial charge in [0.05, 0.1) is 18.2 Å². The molecule has 0 rings (SSSR count). The molecule has 7 N–H and O–H groups in total. The summed E-state index contributed by atoms with van der Waals surface area (Å²) in [5, 5.41) is 14.9. The summed E-state index contributed by atoms with van der Waals surface area (Å²) in [5.74, 6) is -1.34. The van der Waals surface area contributed by atoms with Crippen LogP contribution in [0.25, 0.3) is 0 Å². The third-order valence-corrected chi connectivity index (χ3v) is 3.81. The number of carbonyl (C=O) groups excluding carboxylic acids is 3. The van der Waals surface area contributed by atoms with Crippen LogP contribution in [-0.4, -0.2) is 53.5 Å². The number of nitrogens with two attached hydrogens (primary N) is 2. The molecule has 1 unspecified atom stereocenters. The van der Waals surface area contributed by atoms with Gasteiger partial charge in [0.25, 0.3) is 0 Å². The van der Waals surface area contributed by atoms with Crippen LogP contribution >= 0.6 is 0 Å². The normalized spacial score (nSPS) is 16.2. The molecular formula is C17H34N4O4. The quantitative estimate of drug-likeness (QED) is 0.329. The topological polar surface area (TPSA) is 148 Å². The number of rotatable bonds is 11. The van der Waals surface area contributed by atoms with E-state index >= 15 is 0 Å². The van der Waals surface area contributed by atoms with Crippen LogP contribution in [-0.2, 0) is 14.4 Å². The molecule has 0 fully saturated rings. The number of carbonyl (C=O) groups is 3. The van der Waals surface area contributed by atoms with Crippen LogP contribution in [0.2, 0.25) is 0 Å². The first kappa shape index (κ1) is 23.5. The summed E-state index contributed by atoms with van der Waals surface area (Å²) in [6.45, 7) is 8.95. The molecule has 0 spiro atoms. The smallest absolute Gasteiger partial charge is 0.245 e. The highest BCUT2D eigenvalue weighted by Gasteiger charge is 2.31. The van der Waals surface area contributed by atoms with Gasteiger partial charge in [0.15, 0.2) is 5.78 Å². The Morgan fingerprint density at radius 3 is 1.96 bits per heavy atom. The lowest BCUT2D eigenvalue weighted by Crippen LogP contribution is -2.58. The highest BCUT2D eigenvalue weighted by molar-refractivity contribution is 5.94. The number of nitrogens with one attached hydrogen (secondary N) is 2. The molecule has 0 bridgehead atoms. The molecule has 4 atom stereocenters. The Morgan fingerprint density at radius 2 is 1.56 bits per heavy atom. The second-order valence-electron chi connectivity index (χ2n) is 7.16. The third kappa shape index (κ3) is 8.42. The van der Waals surface area contributed by atoms with Crippen molar-refractivity contribution in [1.29, 1.82) is 0 Å². The third-order valence-electron chi connectivity index (χ3n) is 3.81. The fraction of sp³-hybridized carbons (Fsp3) is 0.824. The lowest BCUT2D eigenvalue weighted by atomic mass is 9.98. The fourth-order valence-corrected chi connectivity index (χ4v) is 2.40. The van der Waals surface area contributed by atoms with Gasteiger partial charge in [0.1, 0.15) is 6.04 Å². The molecule has 0 aliphatic carbocycles. The molecular weight excluding hydrogens is 324 g/mol. The monoisotopic (exact) mass is 358 g/mol. The second-order valence-corrected chi connectivity index (χ2v) is 7.16. The molecule has 0 aromatic heterocycles. The Bertz CT molecular complexity index is 452. The maximum Gasteiger partial charge on any atom is 0.245 e. The lowest BCUT2D eigenvalue weighted by molar-refractivity contribution is -0.135. The first-order valence-corrected chi connectivity index (χ1v) is 8.79. The van der Waals surface area contributed by atoms with Crippen molar-refractivity contribution in [3.8, 4) is 0 Å². The largest absolute Gasteiger partial charge is 0.391 e. The maximum atomic E-state index is 12.5. The highest BCUT2D eigenvalue weighted by atomic mass is 16.3. The average Bonchev–Trinajstić information content (AvgIpc) is 2.49. The van der Waals surface area contributed by atoms with Crippen molar-refractivity contribution in [2.75, 3.05) is 6.54 Å². The van der Waals surface area contributed by atoms with Crippen LogP contribution < -0.4 is 22.1 Å². The minimum Gasteiger partial charge on any atom is -0.391 e. The molecule has 0 heterocycles. The lowest BCUT2D eigenvalue weighted by Gasteiger charge is -2.26. The zero-order valence-electron chi connectivity index (χ0n) is 15.9. The van der Waals surface area contributed by atoms with E-state index in [1.165, 1.54) is 6.92 Å². The standard InChI is InChI=1S/C17H34N4O4/c1-9(2)8-12(19)16(24)21-14(11(5)22)17(25)20-13(6-7-18)15(23)10(3)4/h9-14,22H,6-8,18-19H2,1-5H3,(H,20,25)(H,21,24)/t11?,12-,13+,14+/m1/s1. The number of hydrogen-bond donors (Lipinski definition) is 5. The van der Waals surface area contributed by atoms with E-state index in [2.05, 4.69) is 10.6 Å². The minimum absolute atomic E-state index is 0.147. The Hall–Kier alpha value is -1.51. The highest BCUT2D eigenvalue weighted by Crippen LogP contribution is 2.06. The van der Waals surface area contributed by atoms with E-state index in [1.807, 2.05) is 13.8 Å². The predicted molar refractivity (Wildman–Crippen MR) is 96.5 cm³/mol. The van der Waals surface area contributed by atoms with Gasteiger partial charge in [-0.2, -0.15) is 0 Å². The van der Waals surface area contributed by atoms with E-state index in [-0.39, 0.29) is 30.6 Å². The fourth-order valence-electron chi connectivity index (χ4n) is 2.40. The summed E-state index contributed by atoms with van der Waals surface area (Å²) in [6.07, 6.45) is -0.388. The van der Waals surface area contributed by atoms with Gasteiger partial charge in [-0.05, 0) is 32.2 Å². The van der Waals surface area contributed by atoms with Crippen LogP contribution in [0.1, 0.15) is 47.5 Å². The van der Waals surface area contributed by atoms with Crippen LogP contribution in [0.5, 0.6) is 0 Å². The summed E-state index contributed by atoms with van der Waals surface area (Å²) in [7, 11) is 0. The van der Waals surface area contributed by atoms with Gasteiger partial charge in [0.2, 0.25) is 11.8 Å². The summed E-state index contributed by atoms with van der Waals surface area (Å²) >= 11 is 0. The second kappa shape index (κ2) is 11.2. The van der Waals surface area contributed by atoms with E-state index in [4.69, 9.17) is 11.5 Å². The van der Waals surface area contributed by atoms with Gasteiger partial charge in [-0.1, -0.05) is 27.7 Å². The van der Waals surface area contributed by atoms with Crippen molar-refractivity contribution < 1.29 is 19.5 Å². The Morgan fingerprint density at radius 1 is 1.00 bits per heavy atom. The average molecular weight is 358 g/mol. The van der Waals surface area contributed by atoms with Crippen molar-refractivity contribution in [3.05, 3.63) is 0 Å². The molecule has 0 aromatic carbocycles. The molecule has 0 aliphatic heterocycles. The Balaban J connectivity index is 5.04. The summed E-state index contributed by atoms with van der Waals surface area (Å²) in [4.78, 5) is 36.8. The molecule has 8 heteroatoms. The SMILES string of the molecule is CC(C)C[C@@H](N)C(=O)N[C@H](C(=O)N[C@@H](CCN)C(=O)C(C)C)C(C)O. The van der Waals surface area contributed by atoms with Crippen molar-refractivity contribution >= 4 is 17.6 Å². The molecule has 0 aromatic rings. The molecule has 146 valence electrons. The summed E-state index contributed by atoms with van der Waals surface area (Å²) < 4.78 is 0. The van der Waals surface area contributed by atoms with Gasteiger partial charge in [0, 0.05) is 5.92 Å². The van der Waals surface area contributed by atoms with Crippen LogP contribution in [0, 0.1) is 11.8 Å². The van der Waals surface area contributed by atoms with Crippen molar-refractivity contribution in [2.45, 2.75) is 71.7 Å². The maximum absolute atomic E-state index is 12.5. The molecule has 2 amide bonds. The number of aliphatic hydroxyl groups is 1. The number of hydrogen-bond acceptors (Lipinski definition) is 6. The van der Waals surface area contributed by atoms with Crippen LogP contribution in [0.3, 0.4) is 0 Å². The van der Waals surface area contributed by atoms with Crippen molar-refractivity contribution in [3.63, 3.8) is 0 Å². The van der Waals surface area contributed by atoms with E-state index in [0.717, 1.165) is 0 Å². The van der Waals surface area contributed by atoms with E-state index in [0.29, 0.717) is 6.42 Å².